The van der Waals surface area contributed by atoms with Crippen LogP contribution in [-0.4, -0.2) is 61.0 Å². The molecular formula is C20H27N5O2. The van der Waals surface area contributed by atoms with Gasteiger partial charge in [0.1, 0.15) is 6.10 Å². The van der Waals surface area contributed by atoms with Gasteiger partial charge in [0.2, 0.25) is 5.88 Å². The van der Waals surface area contributed by atoms with Gasteiger partial charge < -0.3 is 19.9 Å². The van der Waals surface area contributed by atoms with Crippen LogP contribution in [0.4, 0.5) is 10.6 Å². The van der Waals surface area contributed by atoms with Crippen molar-refractivity contribution in [3.05, 3.63) is 48.0 Å². The predicted octanol–water partition coefficient (Wildman–Crippen LogP) is 2.34. The molecule has 1 aliphatic heterocycles. The van der Waals surface area contributed by atoms with Crippen LogP contribution in [0.15, 0.2) is 42.5 Å². The molecule has 1 aromatic heterocycles. The Morgan fingerprint density at radius 3 is 2.74 bits per heavy atom. The average Bonchev–Trinajstić information content (AvgIpc) is 2.69. The Labute approximate surface area is 160 Å². The van der Waals surface area contributed by atoms with E-state index in [1.54, 1.807) is 0 Å². The summed E-state index contributed by atoms with van der Waals surface area (Å²) in [5.41, 5.74) is 1.22. The van der Waals surface area contributed by atoms with Gasteiger partial charge in [-0.05, 0) is 30.9 Å². The second-order valence-electron chi connectivity index (χ2n) is 6.92. The molecule has 0 bridgehead atoms. The Morgan fingerprint density at radius 2 is 2.04 bits per heavy atom. The highest BCUT2D eigenvalue weighted by molar-refractivity contribution is 5.74. The molecule has 7 heteroatoms. The molecule has 0 spiro atoms. The molecule has 1 atom stereocenters. The monoisotopic (exact) mass is 369 g/mol. The molecule has 2 amide bonds. The third-order valence-corrected chi connectivity index (χ3v) is 4.57. The number of piperidine rings is 1. The Balaban J connectivity index is 1.46. The van der Waals surface area contributed by atoms with Crippen molar-refractivity contribution in [1.29, 1.82) is 0 Å². The van der Waals surface area contributed by atoms with Crippen molar-refractivity contribution in [3.8, 4) is 5.88 Å². The Bertz CT molecular complexity index is 721. The molecule has 1 saturated heterocycles. The maximum absolute atomic E-state index is 12.4. The van der Waals surface area contributed by atoms with E-state index in [1.807, 2.05) is 54.2 Å². The summed E-state index contributed by atoms with van der Waals surface area (Å²) in [7, 11) is 3.83. The summed E-state index contributed by atoms with van der Waals surface area (Å²) >= 11 is 0. The normalized spacial score (nSPS) is 16.7. The number of hydrogen-bond donors (Lipinski definition) is 1. The fraction of sp³-hybridized carbons (Fsp3) is 0.450. The highest BCUT2D eigenvalue weighted by atomic mass is 16.5. The number of amides is 2. The van der Waals surface area contributed by atoms with E-state index < -0.39 is 0 Å². The fourth-order valence-electron chi connectivity index (χ4n) is 3.07. The van der Waals surface area contributed by atoms with Crippen molar-refractivity contribution < 1.29 is 9.53 Å². The van der Waals surface area contributed by atoms with Crippen LogP contribution in [0.2, 0.25) is 0 Å². The molecule has 1 N–H and O–H groups in total. The predicted molar refractivity (Wildman–Crippen MR) is 105 cm³/mol. The number of urea groups is 1. The number of benzene rings is 1. The number of carbonyl (C=O) groups excluding carboxylic acids is 1. The zero-order chi connectivity index (χ0) is 19.1. The third-order valence-electron chi connectivity index (χ3n) is 4.57. The van der Waals surface area contributed by atoms with Crippen molar-refractivity contribution in [2.75, 3.05) is 38.6 Å². The number of aromatic nitrogens is 2. The van der Waals surface area contributed by atoms with Gasteiger partial charge in [-0.25, -0.2) is 4.79 Å². The minimum atomic E-state index is -0.0573. The molecule has 0 saturated carbocycles. The lowest BCUT2D eigenvalue weighted by molar-refractivity contribution is 0.0971. The van der Waals surface area contributed by atoms with Crippen molar-refractivity contribution in [2.45, 2.75) is 25.4 Å². The first-order valence-corrected chi connectivity index (χ1v) is 9.36. The van der Waals surface area contributed by atoms with Gasteiger partial charge in [0.15, 0.2) is 5.82 Å². The number of likely N-dealkylation sites (tertiary alicyclic amines) is 1. The van der Waals surface area contributed by atoms with Crippen molar-refractivity contribution in [3.63, 3.8) is 0 Å². The number of anilines is 1. The third kappa shape index (κ3) is 5.57. The van der Waals surface area contributed by atoms with E-state index in [0.29, 0.717) is 19.0 Å². The Morgan fingerprint density at radius 1 is 1.22 bits per heavy atom. The first kappa shape index (κ1) is 18.9. The summed E-state index contributed by atoms with van der Waals surface area (Å²) in [5, 5.41) is 11.2. The average molecular weight is 369 g/mol. The van der Waals surface area contributed by atoms with Gasteiger partial charge in [0.25, 0.3) is 0 Å². The zero-order valence-corrected chi connectivity index (χ0v) is 16.0. The van der Waals surface area contributed by atoms with Crippen LogP contribution in [0.3, 0.4) is 0 Å². The lowest BCUT2D eigenvalue weighted by Crippen LogP contribution is -2.49. The van der Waals surface area contributed by atoms with Gasteiger partial charge in [0, 0.05) is 33.3 Å². The van der Waals surface area contributed by atoms with Gasteiger partial charge >= 0.3 is 6.03 Å². The summed E-state index contributed by atoms with van der Waals surface area (Å²) in [5.74, 6) is 1.28. The number of ether oxygens (including phenoxy) is 1. The van der Waals surface area contributed by atoms with E-state index in [1.165, 1.54) is 5.56 Å². The van der Waals surface area contributed by atoms with Crippen LogP contribution in [0.1, 0.15) is 18.4 Å². The molecular weight excluding hydrogens is 342 g/mol. The molecule has 7 nitrogen and oxygen atoms in total. The Kier molecular flexibility index (Phi) is 6.46. The summed E-state index contributed by atoms with van der Waals surface area (Å²) < 4.78 is 5.93. The van der Waals surface area contributed by atoms with Crippen LogP contribution >= 0.6 is 0 Å². The first-order chi connectivity index (χ1) is 13.1. The van der Waals surface area contributed by atoms with E-state index in [2.05, 4.69) is 27.6 Å². The van der Waals surface area contributed by atoms with Crippen LogP contribution in [0.25, 0.3) is 0 Å². The number of hydrogen-bond acceptors (Lipinski definition) is 5. The summed E-state index contributed by atoms with van der Waals surface area (Å²) in [6, 6.07) is 13.8. The van der Waals surface area contributed by atoms with E-state index in [4.69, 9.17) is 4.74 Å². The van der Waals surface area contributed by atoms with E-state index in [0.717, 1.165) is 31.6 Å². The maximum atomic E-state index is 12.4. The number of nitrogens with one attached hydrogen (secondary N) is 1. The van der Waals surface area contributed by atoms with Crippen LogP contribution in [0, 0.1) is 0 Å². The number of rotatable bonds is 6. The molecule has 3 rings (SSSR count). The molecule has 144 valence electrons. The van der Waals surface area contributed by atoms with Crippen LogP contribution in [-0.2, 0) is 6.42 Å². The fourth-order valence-corrected chi connectivity index (χ4v) is 3.07. The largest absolute Gasteiger partial charge is 0.471 e. The quantitative estimate of drug-likeness (QED) is 0.846. The van der Waals surface area contributed by atoms with Gasteiger partial charge in [-0.1, -0.05) is 30.3 Å². The van der Waals surface area contributed by atoms with Gasteiger partial charge in [0.05, 0.1) is 6.54 Å². The van der Waals surface area contributed by atoms with Crippen LogP contribution in [0.5, 0.6) is 5.88 Å². The van der Waals surface area contributed by atoms with Crippen molar-refractivity contribution in [1.82, 2.24) is 20.4 Å². The number of nitrogens with zero attached hydrogens (tertiary/aromatic N) is 4. The topological polar surface area (TPSA) is 70.6 Å². The minimum Gasteiger partial charge on any atom is -0.471 e. The Hall–Kier alpha value is -2.83. The number of carbonyl (C=O) groups is 1. The van der Waals surface area contributed by atoms with Crippen LogP contribution < -0.4 is 15.0 Å². The highest BCUT2D eigenvalue weighted by Crippen LogP contribution is 2.17. The molecule has 2 heterocycles. The zero-order valence-electron chi connectivity index (χ0n) is 16.0. The second-order valence-corrected chi connectivity index (χ2v) is 6.92. The van der Waals surface area contributed by atoms with Crippen molar-refractivity contribution >= 4 is 11.8 Å². The highest BCUT2D eigenvalue weighted by Gasteiger charge is 2.25. The van der Waals surface area contributed by atoms with Crippen molar-refractivity contribution in [2.24, 2.45) is 0 Å². The molecule has 1 aromatic carbocycles. The minimum absolute atomic E-state index is 0.0340. The molecule has 1 fully saturated rings. The first-order valence-electron chi connectivity index (χ1n) is 9.36. The summed E-state index contributed by atoms with van der Waals surface area (Å²) in [6.07, 6.45) is 2.59. The summed E-state index contributed by atoms with van der Waals surface area (Å²) in [6.45, 7) is 1.94. The second kappa shape index (κ2) is 9.21. The smallest absolute Gasteiger partial charge is 0.317 e. The standard InChI is InChI=1S/C20H27N5O2/c1-24(2)18-10-11-19(23-22-18)27-17-9-6-14-25(15-17)20(26)21-13-12-16-7-4-3-5-8-16/h3-5,7-8,10-11,17H,6,9,12-15H2,1-2H3,(H,21,26). The summed E-state index contributed by atoms with van der Waals surface area (Å²) in [4.78, 5) is 16.1. The molecule has 2 aromatic rings. The lowest BCUT2D eigenvalue weighted by Gasteiger charge is -2.32. The molecule has 27 heavy (non-hydrogen) atoms. The van der Waals surface area contributed by atoms with Gasteiger partial charge in [-0.2, -0.15) is 0 Å². The van der Waals surface area contributed by atoms with E-state index >= 15 is 0 Å². The van der Waals surface area contributed by atoms with Gasteiger partial charge in [-0.3, -0.25) is 0 Å². The SMILES string of the molecule is CN(C)c1ccc(OC2CCCN(C(=O)NCCc3ccccc3)C2)nn1. The maximum Gasteiger partial charge on any atom is 0.317 e. The lowest BCUT2D eigenvalue weighted by atomic mass is 10.1. The molecule has 0 radical (unpaired) electrons. The molecule has 1 aliphatic rings. The molecule has 1 unspecified atom stereocenters. The van der Waals surface area contributed by atoms with E-state index in [9.17, 15) is 4.79 Å². The molecule has 0 aliphatic carbocycles. The van der Waals surface area contributed by atoms with E-state index in [-0.39, 0.29) is 12.1 Å². The van der Waals surface area contributed by atoms with Gasteiger partial charge in [-0.15, -0.1) is 10.2 Å².